The number of aromatic nitrogens is 2. The number of nitrogens with zero attached hydrogens (tertiary/aromatic N) is 2. The molecular formula is C18H14F5N3O. The molecule has 3 rings (SSSR count). The number of alkyl halides is 4. The van der Waals surface area contributed by atoms with Crippen LogP contribution in [0.15, 0.2) is 41.2 Å². The van der Waals surface area contributed by atoms with E-state index in [4.69, 9.17) is 5.73 Å². The van der Waals surface area contributed by atoms with E-state index in [9.17, 15) is 26.7 Å². The van der Waals surface area contributed by atoms with Crippen molar-refractivity contribution in [1.82, 2.24) is 9.55 Å². The first kappa shape index (κ1) is 19.0. The lowest BCUT2D eigenvalue weighted by atomic mass is 10.1. The Bertz CT molecular complexity index is 1050. The number of rotatable bonds is 5. The highest BCUT2D eigenvalue weighted by molar-refractivity contribution is 5.82. The van der Waals surface area contributed by atoms with E-state index >= 15 is 0 Å². The van der Waals surface area contributed by atoms with E-state index in [1.807, 2.05) is 0 Å². The zero-order valence-corrected chi connectivity index (χ0v) is 13.8. The maximum absolute atomic E-state index is 13.8. The molecule has 1 heterocycles. The molecule has 4 nitrogen and oxygen atoms in total. The van der Waals surface area contributed by atoms with E-state index in [2.05, 4.69) is 4.98 Å². The smallest absolute Gasteiger partial charge is 0.266 e. The average molecular weight is 383 g/mol. The van der Waals surface area contributed by atoms with E-state index in [-0.39, 0.29) is 35.4 Å². The Kier molecular flexibility index (Phi) is 5.22. The van der Waals surface area contributed by atoms with Gasteiger partial charge in [-0.15, -0.1) is 0 Å². The minimum atomic E-state index is -2.97. The van der Waals surface area contributed by atoms with Crippen LogP contribution in [0.1, 0.15) is 29.8 Å². The van der Waals surface area contributed by atoms with E-state index in [1.165, 1.54) is 12.1 Å². The molecule has 0 unspecified atom stereocenters. The summed E-state index contributed by atoms with van der Waals surface area (Å²) in [7, 11) is 0. The summed E-state index contributed by atoms with van der Waals surface area (Å²) < 4.78 is 67.4. The van der Waals surface area contributed by atoms with Crippen molar-refractivity contribution < 1.29 is 22.0 Å². The summed E-state index contributed by atoms with van der Waals surface area (Å²) in [6.07, 6.45) is -5.86. The van der Waals surface area contributed by atoms with Gasteiger partial charge in [0, 0.05) is 17.5 Å². The quantitative estimate of drug-likeness (QED) is 0.680. The lowest BCUT2D eigenvalue weighted by molar-refractivity contribution is 0.151. The van der Waals surface area contributed by atoms with Crippen LogP contribution in [0.3, 0.4) is 0 Å². The molecule has 27 heavy (non-hydrogen) atoms. The summed E-state index contributed by atoms with van der Waals surface area (Å²) in [5, 5.41) is -0.351. The van der Waals surface area contributed by atoms with Crippen LogP contribution < -0.4 is 11.3 Å². The molecule has 0 aliphatic carbocycles. The van der Waals surface area contributed by atoms with Crippen LogP contribution in [0.25, 0.3) is 16.6 Å². The molecule has 9 heteroatoms. The molecule has 0 saturated carbocycles. The van der Waals surface area contributed by atoms with Crippen LogP contribution in [0.5, 0.6) is 0 Å². The second kappa shape index (κ2) is 7.43. The number of benzene rings is 2. The number of nitrogens with two attached hydrogens (primary N) is 1. The number of halogens is 5. The fraction of sp³-hybridized carbons (Fsp3) is 0.222. The van der Waals surface area contributed by atoms with Gasteiger partial charge in [-0.2, -0.15) is 0 Å². The molecular weight excluding hydrogens is 369 g/mol. The van der Waals surface area contributed by atoms with Gasteiger partial charge >= 0.3 is 0 Å². The molecule has 0 bridgehead atoms. The van der Waals surface area contributed by atoms with Crippen molar-refractivity contribution in [2.75, 3.05) is 6.54 Å². The van der Waals surface area contributed by atoms with Crippen LogP contribution in [-0.4, -0.2) is 16.1 Å². The zero-order valence-electron chi connectivity index (χ0n) is 13.8. The zero-order chi connectivity index (χ0) is 19.7. The first-order chi connectivity index (χ1) is 12.8. The first-order valence-corrected chi connectivity index (χ1v) is 7.95. The Balaban J connectivity index is 2.41. The van der Waals surface area contributed by atoms with Gasteiger partial charge in [0.25, 0.3) is 18.4 Å². The first-order valence-electron chi connectivity index (χ1n) is 7.95. The van der Waals surface area contributed by atoms with E-state index in [0.29, 0.717) is 6.07 Å². The van der Waals surface area contributed by atoms with E-state index in [1.54, 1.807) is 0 Å². The number of hydrogen-bond donors (Lipinski definition) is 1. The maximum atomic E-state index is 13.8. The minimum Gasteiger partial charge on any atom is -0.330 e. The molecule has 0 fully saturated rings. The highest BCUT2D eigenvalue weighted by atomic mass is 19.3. The molecule has 0 aliphatic rings. The molecule has 0 radical (unpaired) electrons. The van der Waals surface area contributed by atoms with E-state index < -0.39 is 35.4 Å². The Morgan fingerprint density at radius 3 is 2.44 bits per heavy atom. The van der Waals surface area contributed by atoms with Crippen LogP contribution in [-0.2, 0) is 6.42 Å². The standard InChI is InChI=1S/C18H14F5N3O/c19-10-6-9(16(20)21)7-11(8-10)26-14(4-5-24)25-13-3-1-2-12(17(22)23)15(13)18(26)27/h1-3,6-8,16-17H,4-5,24H2. The highest BCUT2D eigenvalue weighted by Crippen LogP contribution is 2.27. The average Bonchev–Trinajstić information content (AvgIpc) is 2.61. The monoisotopic (exact) mass is 383 g/mol. The van der Waals surface area contributed by atoms with Gasteiger partial charge in [-0.1, -0.05) is 12.1 Å². The minimum absolute atomic E-state index is 0.0305. The van der Waals surface area contributed by atoms with Crippen LogP contribution in [0.4, 0.5) is 22.0 Å². The van der Waals surface area contributed by atoms with Crippen LogP contribution in [0, 0.1) is 5.82 Å². The second-order valence-corrected chi connectivity index (χ2v) is 5.79. The van der Waals surface area contributed by atoms with Crippen molar-refractivity contribution in [3.63, 3.8) is 0 Å². The maximum Gasteiger partial charge on any atom is 0.266 e. The van der Waals surface area contributed by atoms with Gasteiger partial charge < -0.3 is 5.73 Å². The Labute approximate surface area is 150 Å². The van der Waals surface area contributed by atoms with Crippen LogP contribution in [0.2, 0.25) is 0 Å². The topological polar surface area (TPSA) is 60.9 Å². The van der Waals surface area contributed by atoms with Gasteiger partial charge in [0.05, 0.1) is 16.6 Å². The normalized spacial score (nSPS) is 11.7. The third-order valence-electron chi connectivity index (χ3n) is 4.02. The second-order valence-electron chi connectivity index (χ2n) is 5.79. The van der Waals surface area contributed by atoms with Gasteiger partial charge in [-0.3, -0.25) is 9.36 Å². The molecule has 0 amide bonds. The third-order valence-corrected chi connectivity index (χ3v) is 4.02. The van der Waals surface area contributed by atoms with Gasteiger partial charge in [0.15, 0.2) is 0 Å². The third kappa shape index (κ3) is 3.55. The molecule has 142 valence electrons. The van der Waals surface area contributed by atoms with Gasteiger partial charge in [0.1, 0.15) is 11.6 Å². The van der Waals surface area contributed by atoms with Crippen molar-refractivity contribution in [2.24, 2.45) is 5.73 Å². The molecule has 3 aromatic rings. The molecule has 0 spiro atoms. The Morgan fingerprint density at radius 1 is 1.07 bits per heavy atom. The number of hydrogen-bond acceptors (Lipinski definition) is 3. The van der Waals surface area contributed by atoms with Crippen molar-refractivity contribution in [3.8, 4) is 5.69 Å². The summed E-state index contributed by atoms with van der Waals surface area (Å²) in [4.78, 5) is 17.2. The largest absolute Gasteiger partial charge is 0.330 e. The summed E-state index contributed by atoms with van der Waals surface area (Å²) in [6, 6.07) is 6.24. The van der Waals surface area contributed by atoms with Crippen molar-refractivity contribution >= 4 is 10.9 Å². The van der Waals surface area contributed by atoms with Gasteiger partial charge in [-0.25, -0.2) is 26.9 Å². The summed E-state index contributed by atoms with van der Waals surface area (Å²) in [5.74, 6) is -0.928. The highest BCUT2D eigenvalue weighted by Gasteiger charge is 2.20. The van der Waals surface area contributed by atoms with Crippen molar-refractivity contribution in [3.05, 3.63) is 69.5 Å². The lowest BCUT2D eigenvalue weighted by Gasteiger charge is -2.15. The SMILES string of the molecule is NCCc1nc2cccc(C(F)F)c2c(=O)n1-c1cc(F)cc(C(F)F)c1. The molecule has 0 atom stereocenters. The predicted molar refractivity (Wildman–Crippen MR) is 90.0 cm³/mol. The predicted octanol–water partition coefficient (Wildman–Crippen LogP) is 3.90. The fourth-order valence-corrected chi connectivity index (χ4v) is 2.90. The Morgan fingerprint density at radius 2 is 1.81 bits per heavy atom. The fourth-order valence-electron chi connectivity index (χ4n) is 2.90. The number of fused-ring (bicyclic) bond motifs is 1. The van der Waals surface area contributed by atoms with E-state index in [0.717, 1.165) is 22.8 Å². The molecule has 1 aromatic heterocycles. The van der Waals surface area contributed by atoms with Crippen molar-refractivity contribution in [1.29, 1.82) is 0 Å². The molecule has 0 saturated heterocycles. The summed E-state index contributed by atoms with van der Waals surface area (Å²) >= 11 is 0. The van der Waals surface area contributed by atoms with Crippen molar-refractivity contribution in [2.45, 2.75) is 19.3 Å². The molecule has 2 aromatic carbocycles. The van der Waals surface area contributed by atoms with Gasteiger partial charge in [-0.05, 0) is 30.8 Å². The lowest BCUT2D eigenvalue weighted by Crippen LogP contribution is -2.26. The molecule has 0 aliphatic heterocycles. The molecule has 2 N–H and O–H groups in total. The summed E-state index contributed by atoms with van der Waals surface area (Å²) in [5.41, 5.74) is 3.25. The van der Waals surface area contributed by atoms with Crippen LogP contribution >= 0.6 is 0 Å². The van der Waals surface area contributed by atoms with Gasteiger partial charge in [0.2, 0.25) is 0 Å². The summed E-state index contributed by atoms with van der Waals surface area (Å²) in [6.45, 7) is 0.0590. The Hall–Kier alpha value is -2.81.